The first-order valence-electron chi connectivity index (χ1n) is 6.76. The monoisotopic (exact) mass is 273 g/mol. The number of rotatable bonds is 5. The molecule has 0 aliphatic carbocycles. The second-order valence-corrected chi connectivity index (χ2v) is 4.92. The average molecular weight is 273 g/mol. The summed E-state index contributed by atoms with van der Waals surface area (Å²) in [6.45, 7) is 4.35. The van der Waals surface area contributed by atoms with E-state index in [2.05, 4.69) is 18.3 Å². The predicted octanol–water partition coefficient (Wildman–Crippen LogP) is 3.99. The van der Waals surface area contributed by atoms with E-state index < -0.39 is 0 Å². The summed E-state index contributed by atoms with van der Waals surface area (Å²) in [6, 6.07) is 13.0. The van der Waals surface area contributed by atoms with Crippen LogP contribution in [-0.2, 0) is 6.61 Å². The van der Waals surface area contributed by atoms with Gasteiger partial charge in [0.1, 0.15) is 18.2 Å². The van der Waals surface area contributed by atoms with Crippen LogP contribution in [0.15, 0.2) is 42.5 Å². The van der Waals surface area contributed by atoms with Crippen LogP contribution in [0.25, 0.3) is 0 Å². The van der Waals surface area contributed by atoms with Gasteiger partial charge in [0, 0.05) is 11.6 Å². The van der Waals surface area contributed by atoms with Crippen molar-refractivity contribution in [2.45, 2.75) is 26.5 Å². The Balaban J connectivity index is 2.09. The highest BCUT2D eigenvalue weighted by Gasteiger charge is 2.07. The molecule has 3 heteroatoms. The molecule has 0 saturated carbocycles. The second kappa shape index (κ2) is 6.53. The molecule has 0 aliphatic rings. The van der Waals surface area contributed by atoms with Crippen LogP contribution in [0.4, 0.5) is 4.39 Å². The third-order valence-electron chi connectivity index (χ3n) is 3.47. The summed E-state index contributed by atoms with van der Waals surface area (Å²) < 4.78 is 19.2. The molecule has 0 fully saturated rings. The normalized spacial score (nSPS) is 12.2. The van der Waals surface area contributed by atoms with E-state index in [-0.39, 0.29) is 12.4 Å². The number of hydrogen-bond donors (Lipinski definition) is 1. The highest BCUT2D eigenvalue weighted by atomic mass is 19.1. The molecule has 1 N–H and O–H groups in total. The zero-order chi connectivity index (χ0) is 14.5. The van der Waals surface area contributed by atoms with E-state index in [0.717, 1.165) is 11.3 Å². The van der Waals surface area contributed by atoms with Crippen LogP contribution < -0.4 is 10.1 Å². The van der Waals surface area contributed by atoms with Gasteiger partial charge in [0.25, 0.3) is 0 Å². The largest absolute Gasteiger partial charge is 0.489 e. The van der Waals surface area contributed by atoms with Gasteiger partial charge in [-0.2, -0.15) is 0 Å². The summed E-state index contributed by atoms with van der Waals surface area (Å²) in [5.74, 6) is 0.561. The maximum absolute atomic E-state index is 13.5. The molecule has 0 bridgehead atoms. The lowest BCUT2D eigenvalue weighted by Crippen LogP contribution is -2.12. The standard InChI is InChI=1S/C17H20FNO/c1-12-10-14(13(2)19-3)8-9-17(12)20-11-15-6-4-5-7-16(15)18/h4-10,13,19H,11H2,1-3H3. The number of benzene rings is 2. The van der Waals surface area contributed by atoms with E-state index in [4.69, 9.17) is 4.74 Å². The first kappa shape index (κ1) is 14.5. The van der Waals surface area contributed by atoms with Crippen LogP contribution in [0.1, 0.15) is 29.7 Å². The lowest BCUT2D eigenvalue weighted by Gasteiger charge is -2.14. The zero-order valence-corrected chi connectivity index (χ0v) is 12.1. The molecule has 0 amide bonds. The maximum Gasteiger partial charge on any atom is 0.129 e. The second-order valence-electron chi connectivity index (χ2n) is 4.92. The molecule has 20 heavy (non-hydrogen) atoms. The number of aryl methyl sites for hydroxylation is 1. The van der Waals surface area contributed by atoms with Gasteiger partial charge in [-0.15, -0.1) is 0 Å². The molecule has 1 unspecified atom stereocenters. The summed E-state index contributed by atoms with van der Waals surface area (Å²) in [5, 5.41) is 3.20. The van der Waals surface area contributed by atoms with Crippen molar-refractivity contribution < 1.29 is 9.13 Å². The van der Waals surface area contributed by atoms with Gasteiger partial charge in [-0.3, -0.25) is 0 Å². The van der Waals surface area contributed by atoms with Crippen molar-refractivity contribution >= 4 is 0 Å². The van der Waals surface area contributed by atoms with Crippen molar-refractivity contribution in [2.24, 2.45) is 0 Å². The van der Waals surface area contributed by atoms with Gasteiger partial charge < -0.3 is 10.1 Å². The predicted molar refractivity (Wildman–Crippen MR) is 79.4 cm³/mol. The molecule has 0 radical (unpaired) electrons. The molecule has 2 nitrogen and oxygen atoms in total. The fourth-order valence-corrected chi connectivity index (χ4v) is 2.04. The Hall–Kier alpha value is -1.87. The van der Waals surface area contributed by atoms with Gasteiger partial charge in [-0.25, -0.2) is 4.39 Å². The van der Waals surface area contributed by atoms with Gasteiger partial charge in [0.05, 0.1) is 0 Å². The first-order chi connectivity index (χ1) is 9.61. The van der Waals surface area contributed by atoms with E-state index in [1.165, 1.54) is 11.6 Å². The molecule has 2 aromatic carbocycles. The fraction of sp³-hybridized carbons (Fsp3) is 0.294. The van der Waals surface area contributed by atoms with Gasteiger partial charge in [0.15, 0.2) is 0 Å². The molecule has 0 saturated heterocycles. The third kappa shape index (κ3) is 3.36. The van der Waals surface area contributed by atoms with Crippen LogP contribution in [0.2, 0.25) is 0 Å². The highest BCUT2D eigenvalue weighted by molar-refractivity contribution is 5.37. The Bertz CT molecular complexity index is 583. The topological polar surface area (TPSA) is 21.3 Å². The van der Waals surface area contributed by atoms with E-state index in [1.54, 1.807) is 12.1 Å². The average Bonchev–Trinajstić information content (AvgIpc) is 2.46. The number of halogens is 1. The van der Waals surface area contributed by atoms with Crippen molar-refractivity contribution in [1.82, 2.24) is 5.32 Å². The van der Waals surface area contributed by atoms with Gasteiger partial charge in [0.2, 0.25) is 0 Å². The molecule has 2 aromatic rings. The molecule has 0 aromatic heterocycles. The molecular weight excluding hydrogens is 253 g/mol. The maximum atomic E-state index is 13.5. The summed E-state index contributed by atoms with van der Waals surface area (Å²) in [4.78, 5) is 0. The van der Waals surface area contributed by atoms with Crippen LogP contribution in [0.3, 0.4) is 0 Å². The number of ether oxygens (including phenoxy) is 1. The third-order valence-corrected chi connectivity index (χ3v) is 3.47. The number of hydrogen-bond acceptors (Lipinski definition) is 2. The molecule has 0 aliphatic heterocycles. The van der Waals surface area contributed by atoms with Crippen molar-refractivity contribution in [3.8, 4) is 5.75 Å². The van der Waals surface area contributed by atoms with Crippen LogP contribution in [0.5, 0.6) is 5.75 Å². The smallest absolute Gasteiger partial charge is 0.129 e. The Kier molecular flexibility index (Phi) is 4.74. The Labute approximate surface area is 119 Å². The van der Waals surface area contributed by atoms with E-state index in [9.17, 15) is 4.39 Å². The van der Waals surface area contributed by atoms with E-state index in [1.807, 2.05) is 32.2 Å². The molecule has 0 heterocycles. The summed E-state index contributed by atoms with van der Waals surface area (Å²) in [6.07, 6.45) is 0. The SMILES string of the molecule is CNC(C)c1ccc(OCc2ccccc2F)c(C)c1. The Morgan fingerprint density at radius 3 is 2.60 bits per heavy atom. The number of nitrogens with one attached hydrogen (secondary N) is 1. The quantitative estimate of drug-likeness (QED) is 0.889. The Morgan fingerprint density at radius 1 is 1.20 bits per heavy atom. The molecule has 0 spiro atoms. The van der Waals surface area contributed by atoms with Crippen molar-refractivity contribution in [3.05, 3.63) is 65.0 Å². The Morgan fingerprint density at radius 2 is 1.95 bits per heavy atom. The molecule has 1 atom stereocenters. The van der Waals surface area contributed by atoms with Crippen molar-refractivity contribution in [3.63, 3.8) is 0 Å². The summed E-state index contributed by atoms with van der Waals surface area (Å²) >= 11 is 0. The van der Waals surface area contributed by atoms with Gasteiger partial charge in [-0.1, -0.05) is 30.3 Å². The minimum atomic E-state index is -0.231. The molecular formula is C17H20FNO. The van der Waals surface area contributed by atoms with Gasteiger partial charge in [-0.05, 0) is 44.2 Å². The first-order valence-corrected chi connectivity index (χ1v) is 6.76. The summed E-state index contributed by atoms with van der Waals surface area (Å²) in [7, 11) is 1.93. The molecule has 2 rings (SSSR count). The fourth-order valence-electron chi connectivity index (χ4n) is 2.04. The minimum absolute atomic E-state index is 0.231. The van der Waals surface area contributed by atoms with Crippen molar-refractivity contribution in [2.75, 3.05) is 7.05 Å². The van der Waals surface area contributed by atoms with E-state index in [0.29, 0.717) is 11.6 Å². The lowest BCUT2D eigenvalue weighted by molar-refractivity contribution is 0.297. The summed E-state index contributed by atoms with van der Waals surface area (Å²) in [5.41, 5.74) is 2.84. The van der Waals surface area contributed by atoms with E-state index >= 15 is 0 Å². The van der Waals surface area contributed by atoms with Crippen LogP contribution >= 0.6 is 0 Å². The van der Waals surface area contributed by atoms with Gasteiger partial charge >= 0.3 is 0 Å². The van der Waals surface area contributed by atoms with Crippen molar-refractivity contribution in [1.29, 1.82) is 0 Å². The molecule has 106 valence electrons. The zero-order valence-electron chi connectivity index (χ0n) is 12.1. The highest BCUT2D eigenvalue weighted by Crippen LogP contribution is 2.23. The lowest BCUT2D eigenvalue weighted by atomic mass is 10.1. The van der Waals surface area contributed by atoms with Crippen LogP contribution in [0, 0.1) is 12.7 Å². The van der Waals surface area contributed by atoms with Crippen LogP contribution in [-0.4, -0.2) is 7.05 Å². The minimum Gasteiger partial charge on any atom is -0.489 e.